The number of fused-ring (bicyclic) bond motifs is 1. The Morgan fingerprint density at radius 2 is 1.70 bits per heavy atom. The summed E-state index contributed by atoms with van der Waals surface area (Å²) in [5.74, 6) is 0.316. The van der Waals surface area contributed by atoms with Gasteiger partial charge >= 0.3 is 0 Å². The number of carbonyl (C=O) groups is 1. The van der Waals surface area contributed by atoms with E-state index in [1.165, 1.54) is 0 Å². The van der Waals surface area contributed by atoms with Crippen LogP contribution in [-0.4, -0.2) is 99.6 Å². The number of carbonyl (C=O) groups excluding carboxylic acids is 1. The van der Waals surface area contributed by atoms with E-state index in [1.54, 1.807) is 19.0 Å². The maximum absolute atomic E-state index is 12.2. The minimum Gasteiger partial charge on any atom is -0.348 e. The summed E-state index contributed by atoms with van der Waals surface area (Å²) in [5, 5.41) is 0. The first-order valence-corrected chi connectivity index (χ1v) is 10.1. The van der Waals surface area contributed by atoms with E-state index in [9.17, 15) is 17.6 Å². The molecule has 2 atom stereocenters. The number of sulfone groups is 1. The van der Waals surface area contributed by atoms with Crippen molar-refractivity contribution in [3.8, 4) is 0 Å². The highest BCUT2D eigenvalue weighted by molar-refractivity contribution is 7.91. The molecule has 23 heavy (non-hydrogen) atoms. The largest absolute Gasteiger partial charge is 0.348 e. The average Bonchev–Trinajstić information content (AvgIpc) is 2.81. The first-order valence-electron chi connectivity index (χ1n) is 8.28. The van der Waals surface area contributed by atoms with Crippen LogP contribution in [-0.2, 0) is 14.6 Å². The summed E-state index contributed by atoms with van der Waals surface area (Å²) in [6.07, 6.45) is 2.30. The molecule has 8 heteroatoms. The minimum absolute atomic E-state index is 0.00411. The van der Waals surface area contributed by atoms with Gasteiger partial charge in [-0.25, -0.2) is 8.42 Å². The Morgan fingerprint density at radius 3 is 2.30 bits per heavy atom. The highest BCUT2D eigenvalue weighted by atomic mass is 32.2. The summed E-state index contributed by atoms with van der Waals surface area (Å²) in [4.78, 5) is 17.8. The van der Waals surface area contributed by atoms with Crippen LogP contribution in [0.3, 0.4) is 0 Å². The second-order valence-electron chi connectivity index (χ2n) is 6.76. The van der Waals surface area contributed by atoms with Crippen molar-refractivity contribution < 1.29 is 17.6 Å². The number of alkyl halides is 1. The number of nitrogens with zero attached hydrogens (tertiary/aromatic N) is 3. The number of amides is 1. The van der Waals surface area contributed by atoms with Crippen LogP contribution in [0, 0.1) is 0 Å². The van der Waals surface area contributed by atoms with Gasteiger partial charge in [-0.2, -0.15) is 0 Å². The third-order valence-electron chi connectivity index (χ3n) is 4.82. The third kappa shape index (κ3) is 4.87. The van der Waals surface area contributed by atoms with E-state index < -0.39 is 9.84 Å². The quantitative estimate of drug-likeness (QED) is 0.606. The lowest BCUT2D eigenvalue weighted by atomic mass is 10.0. The number of rotatable bonds is 7. The summed E-state index contributed by atoms with van der Waals surface area (Å²) in [5.41, 5.74) is 0. The third-order valence-corrected chi connectivity index (χ3v) is 6.52. The minimum atomic E-state index is -3.05. The smallest absolute Gasteiger partial charge is 0.236 e. The normalized spacial score (nSPS) is 27.8. The van der Waals surface area contributed by atoms with Gasteiger partial charge in [0.1, 0.15) is 0 Å². The number of hydrogen-bond donors (Lipinski definition) is 0. The maximum atomic E-state index is 12.2. The van der Waals surface area contributed by atoms with Gasteiger partial charge < -0.3 is 4.90 Å². The predicted octanol–water partition coefficient (Wildman–Crippen LogP) is -0.00240. The number of halogens is 1. The van der Waals surface area contributed by atoms with Gasteiger partial charge in [-0.15, -0.1) is 0 Å². The number of piperazine rings is 1. The highest BCUT2D eigenvalue weighted by Gasteiger charge is 2.46. The highest BCUT2D eigenvalue weighted by Crippen LogP contribution is 2.27. The van der Waals surface area contributed by atoms with E-state index >= 15 is 0 Å². The van der Waals surface area contributed by atoms with Gasteiger partial charge in [0.15, 0.2) is 9.84 Å². The molecule has 0 N–H and O–H groups in total. The fourth-order valence-corrected chi connectivity index (χ4v) is 5.51. The van der Waals surface area contributed by atoms with E-state index in [1.807, 2.05) is 4.90 Å². The van der Waals surface area contributed by atoms with Crippen LogP contribution in [0.1, 0.15) is 19.3 Å². The molecule has 2 rings (SSSR count). The topological polar surface area (TPSA) is 60.9 Å². The maximum Gasteiger partial charge on any atom is 0.236 e. The molecule has 6 nitrogen and oxygen atoms in total. The average molecular weight is 349 g/mol. The van der Waals surface area contributed by atoms with Gasteiger partial charge in [-0.1, -0.05) is 0 Å². The molecule has 0 aromatic carbocycles. The molecule has 2 aliphatic heterocycles. The molecule has 0 spiro atoms. The van der Waals surface area contributed by atoms with Crippen molar-refractivity contribution in [1.29, 1.82) is 0 Å². The van der Waals surface area contributed by atoms with Gasteiger partial charge in [0.05, 0.1) is 24.7 Å². The van der Waals surface area contributed by atoms with Crippen LogP contribution in [0.5, 0.6) is 0 Å². The lowest BCUT2D eigenvalue weighted by Gasteiger charge is -2.43. The van der Waals surface area contributed by atoms with Crippen LogP contribution < -0.4 is 0 Å². The van der Waals surface area contributed by atoms with Crippen molar-refractivity contribution in [2.75, 3.05) is 58.5 Å². The van der Waals surface area contributed by atoms with Crippen molar-refractivity contribution in [1.82, 2.24) is 14.7 Å². The molecule has 134 valence electrons. The summed E-state index contributed by atoms with van der Waals surface area (Å²) >= 11 is 0. The van der Waals surface area contributed by atoms with Crippen LogP contribution in [0.2, 0.25) is 0 Å². The Balaban J connectivity index is 2.00. The summed E-state index contributed by atoms with van der Waals surface area (Å²) in [6.45, 7) is 2.28. The molecule has 2 saturated heterocycles. The molecule has 0 unspecified atom stereocenters. The first kappa shape index (κ1) is 18.6. The number of hydrogen-bond acceptors (Lipinski definition) is 5. The first-order chi connectivity index (χ1) is 10.8. The predicted molar refractivity (Wildman–Crippen MR) is 87.9 cm³/mol. The summed E-state index contributed by atoms with van der Waals surface area (Å²) in [6, 6.07) is -0.132. The second-order valence-corrected chi connectivity index (χ2v) is 8.91. The van der Waals surface area contributed by atoms with Crippen molar-refractivity contribution in [2.24, 2.45) is 0 Å². The van der Waals surface area contributed by atoms with Crippen LogP contribution >= 0.6 is 0 Å². The summed E-state index contributed by atoms with van der Waals surface area (Å²) < 4.78 is 36.3. The van der Waals surface area contributed by atoms with Crippen LogP contribution in [0.25, 0.3) is 0 Å². The lowest BCUT2D eigenvalue weighted by Crippen LogP contribution is -2.60. The number of likely N-dealkylation sites (N-methyl/N-ethyl adjacent to an activating group) is 1. The van der Waals surface area contributed by atoms with E-state index in [0.717, 1.165) is 25.9 Å². The molecule has 0 aromatic rings. The SMILES string of the molecule is CN(C)C(=O)CN1CCN(CCCCCF)[C@H]2CS(=O)(=O)C[C@H]21. The molecule has 0 aromatic heterocycles. The van der Waals surface area contributed by atoms with Crippen molar-refractivity contribution >= 4 is 15.7 Å². The fraction of sp³-hybridized carbons (Fsp3) is 0.933. The molecule has 0 bridgehead atoms. The Bertz CT molecular complexity index is 512. The lowest BCUT2D eigenvalue weighted by molar-refractivity contribution is -0.131. The van der Waals surface area contributed by atoms with Gasteiger partial charge in [-0.3, -0.25) is 19.0 Å². The Hall–Kier alpha value is -0.730. The van der Waals surface area contributed by atoms with Gasteiger partial charge in [0.2, 0.25) is 5.91 Å². The molecule has 2 aliphatic rings. The number of unbranched alkanes of at least 4 members (excludes halogenated alkanes) is 2. The van der Waals surface area contributed by atoms with Crippen molar-refractivity contribution in [3.05, 3.63) is 0 Å². The van der Waals surface area contributed by atoms with E-state index in [2.05, 4.69) is 4.90 Å². The van der Waals surface area contributed by atoms with Crippen LogP contribution in [0.4, 0.5) is 4.39 Å². The standard InChI is InChI=1S/C15H28FN3O3S/c1-17(2)15(20)10-19-9-8-18(7-5-3-4-6-16)13-11-23(21,22)12-14(13)19/h13-14H,3-12H2,1-2H3/t13-,14+/m0/s1. The van der Waals surface area contributed by atoms with Gasteiger partial charge in [0.25, 0.3) is 0 Å². The van der Waals surface area contributed by atoms with Crippen molar-refractivity contribution in [2.45, 2.75) is 31.3 Å². The monoisotopic (exact) mass is 349 g/mol. The molecule has 1 amide bonds. The second kappa shape index (κ2) is 7.90. The summed E-state index contributed by atoms with van der Waals surface area (Å²) in [7, 11) is 0.375. The Labute approximate surface area is 138 Å². The zero-order valence-electron chi connectivity index (χ0n) is 14.1. The zero-order chi connectivity index (χ0) is 17.0. The zero-order valence-corrected chi connectivity index (χ0v) is 14.9. The van der Waals surface area contributed by atoms with Crippen molar-refractivity contribution in [3.63, 3.8) is 0 Å². The molecular formula is C15H28FN3O3S. The van der Waals surface area contributed by atoms with Gasteiger partial charge in [-0.05, 0) is 25.8 Å². The van der Waals surface area contributed by atoms with Crippen LogP contribution in [0.15, 0.2) is 0 Å². The fourth-order valence-electron chi connectivity index (χ4n) is 3.47. The molecule has 2 heterocycles. The van der Waals surface area contributed by atoms with E-state index in [4.69, 9.17) is 0 Å². The molecule has 2 fully saturated rings. The Kier molecular flexibility index (Phi) is 6.39. The van der Waals surface area contributed by atoms with E-state index in [0.29, 0.717) is 13.0 Å². The molecule has 0 aliphatic carbocycles. The molecule has 0 radical (unpaired) electrons. The molecule has 0 saturated carbocycles. The Morgan fingerprint density at radius 1 is 1.09 bits per heavy atom. The van der Waals surface area contributed by atoms with Gasteiger partial charge in [0, 0.05) is 39.3 Å². The van der Waals surface area contributed by atoms with E-state index in [-0.39, 0.29) is 42.7 Å². The molecular weight excluding hydrogens is 321 g/mol.